The first-order chi connectivity index (χ1) is 12.6. The smallest absolute Gasteiger partial charge is 0.191 e. The van der Waals surface area contributed by atoms with Crippen LogP contribution < -0.4 is 10.6 Å². The van der Waals surface area contributed by atoms with E-state index in [-0.39, 0.29) is 6.10 Å². The largest absolute Gasteiger partial charge is 0.379 e. The van der Waals surface area contributed by atoms with Crippen molar-refractivity contribution in [3.8, 4) is 0 Å². The van der Waals surface area contributed by atoms with Gasteiger partial charge in [0.1, 0.15) is 0 Å². The average molecular weight is 366 g/mol. The second-order valence-corrected chi connectivity index (χ2v) is 7.07. The van der Waals surface area contributed by atoms with E-state index < -0.39 is 0 Å². The highest BCUT2D eigenvalue weighted by Gasteiger charge is 2.15. The van der Waals surface area contributed by atoms with Gasteiger partial charge in [0, 0.05) is 45.1 Å². The van der Waals surface area contributed by atoms with Crippen molar-refractivity contribution in [2.45, 2.75) is 53.2 Å². The van der Waals surface area contributed by atoms with Gasteiger partial charge in [-0.1, -0.05) is 6.92 Å². The van der Waals surface area contributed by atoms with E-state index in [1.807, 2.05) is 6.92 Å². The van der Waals surface area contributed by atoms with Crippen LogP contribution >= 0.6 is 0 Å². The molecule has 2 atom stereocenters. The second-order valence-electron chi connectivity index (χ2n) is 7.07. The van der Waals surface area contributed by atoms with E-state index in [2.05, 4.69) is 47.3 Å². The number of ether oxygens (including phenoxy) is 2. The molecule has 1 fully saturated rings. The Balaban J connectivity index is 1.68. The molecule has 0 radical (unpaired) electrons. The number of nitrogens with zero attached hydrogens (tertiary/aromatic N) is 3. The molecule has 0 saturated carbocycles. The molecule has 1 saturated heterocycles. The fourth-order valence-electron chi connectivity index (χ4n) is 2.97. The number of aliphatic imine (C=N–C) groups is 1. The van der Waals surface area contributed by atoms with Crippen molar-refractivity contribution in [2.24, 2.45) is 10.9 Å². The zero-order chi connectivity index (χ0) is 18.8. The summed E-state index contributed by atoms with van der Waals surface area (Å²) in [4.78, 5) is 4.71. The highest BCUT2D eigenvalue weighted by atomic mass is 16.5. The third-order valence-electron chi connectivity index (χ3n) is 4.35. The van der Waals surface area contributed by atoms with Gasteiger partial charge in [-0.2, -0.15) is 5.10 Å². The van der Waals surface area contributed by atoms with E-state index in [0.29, 0.717) is 5.92 Å². The first-order valence-electron chi connectivity index (χ1n) is 9.81. The van der Waals surface area contributed by atoms with E-state index in [0.717, 1.165) is 70.5 Å². The number of guanidine groups is 1. The Morgan fingerprint density at radius 1 is 1.46 bits per heavy atom. The fraction of sp³-hybridized carbons (Fsp3) is 0.789. The Morgan fingerprint density at radius 3 is 2.96 bits per heavy atom. The van der Waals surface area contributed by atoms with Crippen molar-refractivity contribution in [1.29, 1.82) is 0 Å². The van der Waals surface area contributed by atoms with Gasteiger partial charge in [-0.3, -0.25) is 9.67 Å². The van der Waals surface area contributed by atoms with Crippen LogP contribution in [0.25, 0.3) is 0 Å². The molecular weight excluding hydrogens is 330 g/mol. The van der Waals surface area contributed by atoms with Crippen LogP contribution in [-0.2, 0) is 16.0 Å². The van der Waals surface area contributed by atoms with Crippen molar-refractivity contribution in [1.82, 2.24) is 20.4 Å². The Hall–Kier alpha value is -1.60. The van der Waals surface area contributed by atoms with Crippen molar-refractivity contribution in [2.75, 3.05) is 39.5 Å². The molecule has 1 aromatic rings. The van der Waals surface area contributed by atoms with E-state index in [4.69, 9.17) is 14.5 Å². The molecule has 2 N–H and O–H groups in total. The first-order valence-corrected chi connectivity index (χ1v) is 9.81. The molecule has 0 aliphatic carbocycles. The van der Waals surface area contributed by atoms with Crippen LogP contribution in [0.1, 0.15) is 38.1 Å². The number of aryl methyl sites for hydroxylation is 2. The van der Waals surface area contributed by atoms with Gasteiger partial charge in [0.05, 0.1) is 18.4 Å². The summed E-state index contributed by atoms with van der Waals surface area (Å²) in [5, 5.41) is 11.2. The summed E-state index contributed by atoms with van der Waals surface area (Å²) in [6.07, 6.45) is 2.26. The van der Waals surface area contributed by atoms with Crippen molar-refractivity contribution >= 4 is 5.96 Å². The van der Waals surface area contributed by atoms with Crippen LogP contribution in [0.3, 0.4) is 0 Å². The van der Waals surface area contributed by atoms with Crippen LogP contribution in [0.15, 0.2) is 11.1 Å². The van der Waals surface area contributed by atoms with Gasteiger partial charge < -0.3 is 20.1 Å². The molecule has 0 spiro atoms. The number of nitrogens with one attached hydrogen (secondary N) is 2. The molecule has 0 amide bonds. The maximum Gasteiger partial charge on any atom is 0.191 e. The highest BCUT2D eigenvalue weighted by Crippen LogP contribution is 2.08. The minimum absolute atomic E-state index is 0.284. The molecule has 1 aromatic heterocycles. The molecule has 2 unspecified atom stereocenters. The summed E-state index contributed by atoms with van der Waals surface area (Å²) < 4.78 is 13.2. The summed E-state index contributed by atoms with van der Waals surface area (Å²) in [7, 11) is 0. The zero-order valence-corrected chi connectivity index (χ0v) is 16.8. The second kappa shape index (κ2) is 11.2. The molecule has 1 aliphatic rings. The van der Waals surface area contributed by atoms with Crippen LogP contribution in [-0.4, -0.2) is 61.3 Å². The van der Waals surface area contributed by atoms with E-state index in [1.54, 1.807) is 0 Å². The van der Waals surface area contributed by atoms with Gasteiger partial charge in [-0.15, -0.1) is 0 Å². The summed E-state index contributed by atoms with van der Waals surface area (Å²) in [5.41, 5.74) is 2.27. The molecule has 148 valence electrons. The molecule has 26 heavy (non-hydrogen) atoms. The standard InChI is InChI=1S/C19H35N5O2/c1-5-20-19(21-8-6-9-26-18-7-10-25-14-18)22-12-15(2)13-24-17(4)11-16(3)23-24/h11,15,18H,5-10,12-14H2,1-4H3,(H2,20,21,22). The average Bonchev–Trinajstić information content (AvgIpc) is 3.22. The minimum atomic E-state index is 0.284. The molecule has 2 rings (SSSR count). The summed E-state index contributed by atoms with van der Waals surface area (Å²) >= 11 is 0. The lowest BCUT2D eigenvalue weighted by molar-refractivity contribution is 0.0420. The van der Waals surface area contributed by atoms with Crippen LogP contribution in [0.2, 0.25) is 0 Å². The molecule has 2 heterocycles. The molecule has 7 heteroatoms. The Kier molecular flexibility index (Phi) is 8.91. The number of hydrogen-bond acceptors (Lipinski definition) is 4. The maximum atomic E-state index is 5.79. The lowest BCUT2D eigenvalue weighted by Crippen LogP contribution is -2.38. The Morgan fingerprint density at radius 2 is 2.31 bits per heavy atom. The van der Waals surface area contributed by atoms with Crippen molar-refractivity contribution in [3.63, 3.8) is 0 Å². The molecular formula is C19H35N5O2. The monoisotopic (exact) mass is 365 g/mol. The minimum Gasteiger partial charge on any atom is -0.379 e. The fourth-order valence-corrected chi connectivity index (χ4v) is 2.97. The summed E-state index contributed by atoms with van der Waals surface area (Å²) in [6.45, 7) is 14.1. The number of aromatic nitrogens is 2. The van der Waals surface area contributed by atoms with Gasteiger partial charge >= 0.3 is 0 Å². The summed E-state index contributed by atoms with van der Waals surface area (Å²) in [5.74, 6) is 1.30. The van der Waals surface area contributed by atoms with Gasteiger partial charge in [0.2, 0.25) is 0 Å². The maximum absolute atomic E-state index is 5.79. The van der Waals surface area contributed by atoms with Crippen molar-refractivity contribution < 1.29 is 9.47 Å². The Labute approximate surface area is 157 Å². The SMILES string of the molecule is CCNC(=NCC(C)Cn1nc(C)cc1C)NCCCOC1CCOC1. The normalized spacial score (nSPS) is 18.9. The highest BCUT2D eigenvalue weighted by molar-refractivity contribution is 5.79. The molecule has 7 nitrogen and oxygen atoms in total. The van der Waals surface area contributed by atoms with Crippen LogP contribution in [0, 0.1) is 19.8 Å². The number of hydrogen-bond donors (Lipinski definition) is 2. The lowest BCUT2D eigenvalue weighted by atomic mass is 10.2. The van der Waals surface area contributed by atoms with E-state index in [1.165, 1.54) is 5.69 Å². The number of rotatable bonds is 10. The van der Waals surface area contributed by atoms with Gasteiger partial charge in [-0.25, -0.2) is 0 Å². The third kappa shape index (κ3) is 7.33. The quantitative estimate of drug-likeness (QED) is 0.376. The van der Waals surface area contributed by atoms with Crippen LogP contribution in [0.5, 0.6) is 0 Å². The van der Waals surface area contributed by atoms with Crippen molar-refractivity contribution in [3.05, 3.63) is 17.5 Å². The molecule has 1 aliphatic heterocycles. The van der Waals surface area contributed by atoms with Gasteiger partial charge in [0.25, 0.3) is 0 Å². The van der Waals surface area contributed by atoms with Crippen LogP contribution in [0.4, 0.5) is 0 Å². The van der Waals surface area contributed by atoms with Gasteiger partial charge in [-0.05, 0) is 45.6 Å². The lowest BCUT2D eigenvalue weighted by Gasteiger charge is -2.15. The first kappa shape index (κ1) is 20.7. The molecule has 0 aromatic carbocycles. The zero-order valence-electron chi connectivity index (χ0n) is 16.8. The van der Waals surface area contributed by atoms with E-state index in [9.17, 15) is 0 Å². The van der Waals surface area contributed by atoms with E-state index >= 15 is 0 Å². The predicted molar refractivity (Wildman–Crippen MR) is 105 cm³/mol. The topological polar surface area (TPSA) is 72.7 Å². The van der Waals surface area contributed by atoms with Gasteiger partial charge in [0.15, 0.2) is 5.96 Å². The summed E-state index contributed by atoms with van der Waals surface area (Å²) in [6, 6.07) is 2.11. The Bertz CT molecular complexity index is 552. The third-order valence-corrected chi connectivity index (χ3v) is 4.35. The molecule has 0 bridgehead atoms. The predicted octanol–water partition coefficient (Wildman–Crippen LogP) is 1.89.